The van der Waals surface area contributed by atoms with Gasteiger partial charge in [0.05, 0.1) is 0 Å². The summed E-state index contributed by atoms with van der Waals surface area (Å²) < 4.78 is 36.6. The molecule has 0 atom stereocenters. The van der Waals surface area contributed by atoms with Gasteiger partial charge in [0.25, 0.3) is 0 Å². The lowest BCUT2D eigenvalue weighted by Gasteiger charge is -2.34. The van der Waals surface area contributed by atoms with E-state index < -0.39 is 17.1 Å². The summed E-state index contributed by atoms with van der Waals surface area (Å²) in [6, 6.07) is 15.5. The van der Waals surface area contributed by atoms with Gasteiger partial charge in [0.2, 0.25) is 0 Å². The molecule has 0 radical (unpaired) electrons. The first-order valence-electron chi connectivity index (χ1n) is 17.1. The zero-order valence-electron chi connectivity index (χ0n) is 29.2. The van der Waals surface area contributed by atoms with E-state index in [2.05, 4.69) is 101 Å². The highest BCUT2D eigenvalue weighted by Gasteiger charge is 2.33. The maximum Gasteiger partial charge on any atom is 0.334 e. The summed E-state index contributed by atoms with van der Waals surface area (Å²) in [6.07, 6.45) is 2.09. The van der Waals surface area contributed by atoms with Crippen LogP contribution in [0.2, 0.25) is 25.2 Å². The monoisotopic (exact) mass is 658 g/mol. The molecule has 2 aromatic rings. The van der Waals surface area contributed by atoms with E-state index in [1.165, 1.54) is 22.3 Å². The first-order valence-corrected chi connectivity index (χ1v) is 22.1. The van der Waals surface area contributed by atoms with Crippen LogP contribution in [0.1, 0.15) is 76.6 Å². The highest BCUT2D eigenvalue weighted by molar-refractivity contribution is 6.66. The van der Waals surface area contributed by atoms with Gasteiger partial charge in [0.1, 0.15) is 25.0 Å². The number of nitrogens with zero attached hydrogens (tertiary/aromatic N) is 2. The van der Waals surface area contributed by atoms with Crippen molar-refractivity contribution >= 4 is 17.1 Å². The Bertz CT molecular complexity index is 1130. The molecule has 0 bridgehead atoms. The zero-order chi connectivity index (χ0) is 32.5. The number of benzene rings is 2. The Labute approximate surface area is 274 Å². The van der Waals surface area contributed by atoms with Gasteiger partial charge in [-0.05, 0) is 101 Å². The van der Waals surface area contributed by atoms with Crippen LogP contribution in [-0.2, 0) is 36.2 Å². The van der Waals surface area contributed by atoms with E-state index in [0.717, 1.165) is 62.6 Å². The maximum absolute atomic E-state index is 6.19. The summed E-state index contributed by atoms with van der Waals surface area (Å²) >= 11 is 0. The van der Waals surface area contributed by atoms with Gasteiger partial charge in [-0.3, -0.25) is 9.80 Å². The molecule has 0 spiro atoms. The summed E-state index contributed by atoms with van der Waals surface area (Å²) in [5.74, 6) is 1.99. The van der Waals surface area contributed by atoms with Crippen LogP contribution >= 0.6 is 0 Å². The Kier molecular flexibility index (Phi) is 13.1. The van der Waals surface area contributed by atoms with Crippen molar-refractivity contribution in [1.82, 2.24) is 9.80 Å². The van der Waals surface area contributed by atoms with Crippen molar-refractivity contribution in [2.45, 2.75) is 98.1 Å². The number of ether oxygens (including phenoxy) is 2. The van der Waals surface area contributed by atoms with E-state index >= 15 is 0 Å². The van der Waals surface area contributed by atoms with E-state index in [1.54, 1.807) is 0 Å². The predicted octanol–water partition coefficient (Wildman–Crippen LogP) is 7.39. The third kappa shape index (κ3) is 9.64. The molecule has 0 N–H and O–H groups in total. The van der Waals surface area contributed by atoms with Crippen LogP contribution in [0.15, 0.2) is 36.4 Å². The molecule has 0 aromatic heterocycles. The van der Waals surface area contributed by atoms with Crippen molar-refractivity contribution in [3.05, 3.63) is 58.7 Å². The molecule has 0 saturated carbocycles. The summed E-state index contributed by atoms with van der Waals surface area (Å²) in [7, 11) is -4.20. The summed E-state index contributed by atoms with van der Waals surface area (Å²) in [4.78, 5) is 4.79. The molecule has 0 fully saturated rings. The van der Waals surface area contributed by atoms with Crippen molar-refractivity contribution in [3.8, 4) is 11.5 Å². The second-order valence-corrected chi connectivity index (χ2v) is 19.8. The second-order valence-electron chi connectivity index (χ2n) is 13.1. The largest absolute Gasteiger partial charge is 0.478 e. The SMILES string of the molecule is CCO[Si](C)(CCCN1COc2ccc(C(C)(C)c3ccc4c(c3)CN(CCC[Si](C)(OCC)OCC)CO4)cc2C1)OCC. The smallest absolute Gasteiger partial charge is 0.334 e. The Balaban J connectivity index is 1.38. The molecule has 0 amide bonds. The van der Waals surface area contributed by atoms with Gasteiger partial charge < -0.3 is 27.2 Å². The molecule has 8 nitrogen and oxygen atoms in total. The van der Waals surface area contributed by atoms with Crippen LogP contribution in [0, 0.1) is 0 Å². The molecular formula is C35H58N2O6Si2. The number of hydrogen-bond acceptors (Lipinski definition) is 8. The van der Waals surface area contributed by atoms with Crippen molar-refractivity contribution in [1.29, 1.82) is 0 Å². The van der Waals surface area contributed by atoms with Crippen LogP contribution < -0.4 is 9.47 Å². The number of rotatable bonds is 18. The highest BCUT2D eigenvalue weighted by Crippen LogP contribution is 2.38. The Hall–Kier alpha value is -1.77. The molecule has 252 valence electrons. The predicted molar refractivity (Wildman–Crippen MR) is 185 cm³/mol. The van der Waals surface area contributed by atoms with E-state index in [0.29, 0.717) is 39.9 Å². The third-order valence-corrected chi connectivity index (χ3v) is 15.3. The molecule has 2 heterocycles. The normalized spacial score (nSPS) is 16.2. The highest BCUT2D eigenvalue weighted by atomic mass is 28.4. The van der Waals surface area contributed by atoms with E-state index in [1.807, 2.05) is 0 Å². The molecule has 4 rings (SSSR count). The van der Waals surface area contributed by atoms with Gasteiger partial charge in [-0.15, -0.1) is 0 Å². The fourth-order valence-corrected chi connectivity index (χ4v) is 11.4. The van der Waals surface area contributed by atoms with Crippen molar-refractivity contribution < 1.29 is 27.2 Å². The molecule has 2 aliphatic heterocycles. The molecule has 2 aliphatic rings. The van der Waals surface area contributed by atoms with Gasteiger partial charge in [-0.2, -0.15) is 0 Å². The second kappa shape index (κ2) is 16.4. The molecule has 0 unspecified atom stereocenters. The fourth-order valence-electron chi connectivity index (χ4n) is 6.65. The average Bonchev–Trinajstić information content (AvgIpc) is 3.00. The molecule has 0 aliphatic carbocycles. The topological polar surface area (TPSA) is 61.9 Å². The van der Waals surface area contributed by atoms with Crippen molar-refractivity contribution in [2.75, 3.05) is 53.0 Å². The number of fused-ring (bicyclic) bond motifs is 2. The standard InChI is InChI=1S/C35H58N2O6Si2/c1-9-40-44(7,41-10-2)21-13-19-36-25-29-23-31(15-17-33(29)38-27-36)35(5,6)32-16-18-34-30(24-32)26-37(28-39-34)20-14-22-45(8,42-11-3)43-12-4/h15-18,23-24H,9-14,19-22,25-28H2,1-8H3. The minimum Gasteiger partial charge on any atom is -0.478 e. The van der Waals surface area contributed by atoms with Crippen LogP contribution in [-0.4, -0.2) is 79.9 Å². The van der Waals surface area contributed by atoms with Gasteiger partial charge >= 0.3 is 17.1 Å². The Morgan fingerprint density at radius 3 is 1.38 bits per heavy atom. The average molecular weight is 659 g/mol. The third-order valence-electron chi connectivity index (χ3n) is 9.17. The summed E-state index contributed by atoms with van der Waals surface area (Å²) in [5, 5.41) is 0. The van der Waals surface area contributed by atoms with E-state index in [9.17, 15) is 0 Å². The summed E-state index contributed by atoms with van der Waals surface area (Å²) in [6.45, 7) is 25.0. The van der Waals surface area contributed by atoms with Crippen LogP contribution in [0.3, 0.4) is 0 Å². The van der Waals surface area contributed by atoms with Crippen molar-refractivity contribution in [3.63, 3.8) is 0 Å². The maximum atomic E-state index is 6.19. The molecule has 10 heteroatoms. The molecular weight excluding hydrogens is 601 g/mol. The van der Waals surface area contributed by atoms with Crippen LogP contribution in [0.4, 0.5) is 0 Å². The van der Waals surface area contributed by atoms with Gasteiger partial charge in [-0.25, -0.2) is 0 Å². The molecule has 0 saturated heterocycles. The lowest BCUT2D eigenvalue weighted by atomic mass is 9.77. The molecule has 45 heavy (non-hydrogen) atoms. The number of hydrogen-bond donors (Lipinski definition) is 0. The minimum atomic E-state index is -2.10. The Morgan fingerprint density at radius 2 is 1.02 bits per heavy atom. The minimum absolute atomic E-state index is 0.167. The zero-order valence-corrected chi connectivity index (χ0v) is 31.2. The van der Waals surface area contributed by atoms with Gasteiger partial charge in [0.15, 0.2) is 0 Å². The fraction of sp³-hybridized carbons (Fsp3) is 0.657. The van der Waals surface area contributed by atoms with Gasteiger partial charge in [0, 0.05) is 69.1 Å². The molecule has 2 aromatic carbocycles. The summed E-state index contributed by atoms with van der Waals surface area (Å²) in [5.41, 5.74) is 4.93. The van der Waals surface area contributed by atoms with E-state index in [-0.39, 0.29) is 5.41 Å². The lowest BCUT2D eigenvalue weighted by Crippen LogP contribution is -2.40. The first-order chi connectivity index (χ1) is 21.5. The lowest BCUT2D eigenvalue weighted by molar-refractivity contribution is 0.0937. The van der Waals surface area contributed by atoms with Crippen LogP contribution in [0.25, 0.3) is 0 Å². The Morgan fingerprint density at radius 1 is 0.644 bits per heavy atom. The van der Waals surface area contributed by atoms with Gasteiger partial charge in [-0.1, -0.05) is 26.0 Å². The first kappa shape index (κ1) is 36.1. The van der Waals surface area contributed by atoms with Crippen molar-refractivity contribution in [2.24, 2.45) is 0 Å². The van der Waals surface area contributed by atoms with E-state index in [4.69, 9.17) is 27.2 Å². The van der Waals surface area contributed by atoms with Crippen LogP contribution in [0.5, 0.6) is 11.5 Å². The quantitative estimate of drug-likeness (QED) is 0.154.